The van der Waals surface area contributed by atoms with Crippen molar-refractivity contribution in [3.8, 4) is 5.75 Å². The smallest absolute Gasteiger partial charge is 0.408 e. The molecule has 10 heteroatoms. The highest BCUT2D eigenvalue weighted by molar-refractivity contribution is 14.0. The number of carbonyl (C=O) groups excluding carboxylic acids is 2. The van der Waals surface area contributed by atoms with Gasteiger partial charge in [0.2, 0.25) is 5.91 Å². The second-order valence-corrected chi connectivity index (χ2v) is 8.42. The van der Waals surface area contributed by atoms with Crippen molar-refractivity contribution < 1.29 is 19.1 Å². The molecule has 0 heterocycles. The first-order valence-corrected chi connectivity index (χ1v) is 9.86. The van der Waals surface area contributed by atoms with Crippen LogP contribution in [0.3, 0.4) is 0 Å². The summed E-state index contributed by atoms with van der Waals surface area (Å²) in [7, 11) is 1.67. The Balaban J connectivity index is 0.00000900. The van der Waals surface area contributed by atoms with Gasteiger partial charge in [0, 0.05) is 32.3 Å². The molecule has 0 aromatic heterocycles. The fourth-order valence-corrected chi connectivity index (χ4v) is 2.35. The molecular weight excluding hydrogens is 513 g/mol. The maximum Gasteiger partial charge on any atom is 0.408 e. The molecule has 0 fully saturated rings. The molecule has 0 atom stereocenters. The van der Waals surface area contributed by atoms with Gasteiger partial charge in [-0.1, -0.05) is 6.07 Å². The van der Waals surface area contributed by atoms with E-state index < -0.39 is 17.2 Å². The first-order valence-electron chi connectivity index (χ1n) is 9.86. The lowest BCUT2D eigenvalue weighted by Gasteiger charge is -2.29. The van der Waals surface area contributed by atoms with E-state index in [-0.39, 0.29) is 29.9 Å². The van der Waals surface area contributed by atoms with Gasteiger partial charge >= 0.3 is 6.09 Å². The van der Waals surface area contributed by atoms with Gasteiger partial charge in [-0.15, -0.1) is 24.0 Å². The Morgan fingerprint density at radius 3 is 2.35 bits per heavy atom. The number of benzene rings is 1. The molecule has 1 aromatic rings. The Bertz CT molecular complexity index is 748. The summed E-state index contributed by atoms with van der Waals surface area (Å²) in [4.78, 5) is 27.3. The maximum absolute atomic E-state index is 12.0. The van der Waals surface area contributed by atoms with E-state index in [9.17, 15) is 9.59 Å². The molecule has 1 rings (SSSR count). The highest BCUT2D eigenvalue weighted by atomic mass is 127. The lowest BCUT2D eigenvalue weighted by molar-refractivity contribution is -0.114. The van der Waals surface area contributed by atoms with Crippen LogP contribution in [-0.4, -0.2) is 55.8 Å². The molecule has 176 valence electrons. The van der Waals surface area contributed by atoms with Crippen LogP contribution in [0, 0.1) is 0 Å². The summed E-state index contributed by atoms with van der Waals surface area (Å²) >= 11 is 0. The number of hydrogen-bond donors (Lipinski definition) is 4. The number of halogens is 1. The summed E-state index contributed by atoms with van der Waals surface area (Å²) in [6, 6.07) is 7.20. The highest BCUT2D eigenvalue weighted by Gasteiger charge is 2.24. The number of alkyl carbamates (subject to hydrolysis) is 1. The Hall–Kier alpha value is -2.24. The third kappa shape index (κ3) is 13.6. The van der Waals surface area contributed by atoms with Crippen molar-refractivity contribution in [2.75, 3.05) is 32.1 Å². The van der Waals surface area contributed by atoms with Crippen LogP contribution in [0.2, 0.25) is 0 Å². The summed E-state index contributed by atoms with van der Waals surface area (Å²) in [6.45, 7) is 12.1. The average molecular weight is 549 g/mol. The summed E-state index contributed by atoms with van der Waals surface area (Å²) in [5.41, 5.74) is -0.405. The topological polar surface area (TPSA) is 113 Å². The molecule has 0 spiro atoms. The number of anilines is 1. The van der Waals surface area contributed by atoms with Crippen molar-refractivity contribution in [1.82, 2.24) is 16.0 Å². The SMILES string of the molecule is CN=C(NCCOc1cccc(NC(C)=O)c1)NCC(C)(C)NC(=O)OC(C)(C)C.I. The number of ether oxygens (including phenoxy) is 2. The standard InChI is InChI=1S/C21H35N5O4.HI/c1-15(27)25-16-9-8-10-17(13-16)29-12-11-23-18(22-7)24-14-21(5,6)26-19(28)30-20(2,3)4;/h8-10,13H,11-12,14H2,1-7H3,(H,25,27)(H,26,28)(H2,22,23,24);1H. The molecule has 0 unspecified atom stereocenters. The quantitative estimate of drug-likeness (QED) is 0.172. The predicted octanol–water partition coefficient (Wildman–Crippen LogP) is 3.11. The molecule has 4 N–H and O–H groups in total. The van der Waals surface area contributed by atoms with E-state index in [1.807, 2.05) is 46.8 Å². The number of carbonyl (C=O) groups is 2. The fraction of sp³-hybridized carbons (Fsp3) is 0.571. The number of guanidine groups is 1. The zero-order chi connectivity index (χ0) is 22.8. The second kappa shape index (κ2) is 13.2. The summed E-state index contributed by atoms with van der Waals surface area (Å²) in [5, 5.41) is 11.9. The van der Waals surface area contributed by atoms with Crippen molar-refractivity contribution in [3.05, 3.63) is 24.3 Å². The van der Waals surface area contributed by atoms with Crippen LogP contribution < -0.4 is 26.0 Å². The molecule has 1 aromatic carbocycles. The van der Waals surface area contributed by atoms with Crippen LogP contribution in [0.4, 0.5) is 10.5 Å². The third-order valence-corrected chi connectivity index (χ3v) is 3.58. The van der Waals surface area contributed by atoms with Gasteiger partial charge in [0.25, 0.3) is 0 Å². The molecule has 31 heavy (non-hydrogen) atoms. The van der Waals surface area contributed by atoms with Gasteiger partial charge in [-0.3, -0.25) is 9.79 Å². The highest BCUT2D eigenvalue weighted by Crippen LogP contribution is 2.17. The summed E-state index contributed by atoms with van der Waals surface area (Å²) < 4.78 is 11.0. The minimum atomic E-state index is -0.549. The van der Waals surface area contributed by atoms with Crippen LogP contribution in [0.1, 0.15) is 41.5 Å². The Labute approximate surface area is 202 Å². The van der Waals surface area contributed by atoms with Gasteiger partial charge in [-0.2, -0.15) is 0 Å². The van der Waals surface area contributed by atoms with Gasteiger partial charge in [-0.05, 0) is 46.8 Å². The molecule has 0 radical (unpaired) electrons. The van der Waals surface area contributed by atoms with Crippen LogP contribution in [-0.2, 0) is 9.53 Å². The van der Waals surface area contributed by atoms with Crippen LogP contribution in [0.5, 0.6) is 5.75 Å². The third-order valence-electron chi connectivity index (χ3n) is 3.58. The number of nitrogens with zero attached hydrogens (tertiary/aromatic N) is 1. The van der Waals surface area contributed by atoms with Crippen molar-refractivity contribution in [2.24, 2.45) is 4.99 Å². The van der Waals surface area contributed by atoms with Gasteiger partial charge in [-0.25, -0.2) is 4.79 Å². The molecule has 0 saturated carbocycles. The number of amides is 2. The molecule has 0 bridgehead atoms. The Morgan fingerprint density at radius 2 is 1.77 bits per heavy atom. The molecule has 0 aliphatic heterocycles. The number of nitrogens with one attached hydrogen (secondary N) is 4. The lowest BCUT2D eigenvalue weighted by Crippen LogP contribution is -2.54. The fourth-order valence-electron chi connectivity index (χ4n) is 2.35. The molecule has 9 nitrogen and oxygen atoms in total. The molecule has 2 amide bonds. The normalized spacial score (nSPS) is 11.6. The van der Waals surface area contributed by atoms with Crippen molar-refractivity contribution in [2.45, 2.75) is 52.7 Å². The molecule has 0 saturated heterocycles. The predicted molar refractivity (Wildman–Crippen MR) is 134 cm³/mol. The van der Waals surface area contributed by atoms with Crippen LogP contribution in [0.25, 0.3) is 0 Å². The van der Waals surface area contributed by atoms with Gasteiger partial charge in [0.1, 0.15) is 18.0 Å². The zero-order valence-corrected chi connectivity index (χ0v) is 21.7. The monoisotopic (exact) mass is 549 g/mol. The first kappa shape index (κ1) is 28.8. The largest absolute Gasteiger partial charge is 0.492 e. The maximum atomic E-state index is 12.0. The van der Waals surface area contributed by atoms with Gasteiger partial charge in [0.15, 0.2) is 5.96 Å². The zero-order valence-electron chi connectivity index (χ0n) is 19.4. The summed E-state index contributed by atoms with van der Waals surface area (Å²) in [6.07, 6.45) is -0.466. The number of aliphatic imine (C=N–C) groups is 1. The van der Waals surface area contributed by atoms with E-state index in [2.05, 4.69) is 26.3 Å². The number of rotatable bonds is 8. The van der Waals surface area contributed by atoms with E-state index in [1.54, 1.807) is 19.2 Å². The van der Waals surface area contributed by atoms with Crippen LogP contribution in [0.15, 0.2) is 29.3 Å². The average Bonchev–Trinajstić information content (AvgIpc) is 2.58. The van der Waals surface area contributed by atoms with Crippen molar-refractivity contribution in [1.29, 1.82) is 0 Å². The van der Waals surface area contributed by atoms with E-state index in [1.165, 1.54) is 6.92 Å². The van der Waals surface area contributed by atoms with Crippen molar-refractivity contribution in [3.63, 3.8) is 0 Å². The van der Waals surface area contributed by atoms with Gasteiger partial charge in [0.05, 0.1) is 12.1 Å². The Kier molecular flexibility index (Phi) is 12.3. The van der Waals surface area contributed by atoms with Crippen LogP contribution >= 0.6 is 24.0 Å². The molecule has 0 aliphatic carbocycles. The van der Waals surface area contributed by atoms with E-state index in [0.29, 0.717) is 37.1 Å². The minimum Gasteiger partial charge on any atom is -0.492 e. The van der Waals surface area contributed by atoms with E-state index in [4.69, 9.17) is 9.47 Å². The first-order chi connectivity index (χ1) is 13.9. The second-order valence-electron chi connectivity index (χ2n) is 8.42. The number of hydrogen-bond acceptors (Lipinski definition) is 5. The minimum absolute atomic E-state index is 0. The van der Waals surface area contributed by atoms with Gasteiger partial charge < -0.3 is 30.7 Å². The van der Waals surface area contributed by atoms with Crippen molar-refractivity contribution >= 4 is 47.6 Å². The molecular formula is C21H36IN5O4. The Morgan fingerprint density at radius 1 is 1.10 bits per heavy atom. The van der Waals surface area contributed by atoms with E-state index >= 15 is 0 Å². The lowest BCUT2D eigenvalue weighted by atomic mass is 10.1. The van der Waals surface area contributed by atoms with E-state index in [0.717, 1.165) is 0 Å². The molecule has 0 aliphatic rings. The summed E-state index contributed by atoms with van der Waals surface area (Å²) in [5.74, 6) is 1.12.